The van der Waals surface area contributed by atoms with Crippen molar-refractivity contribution >= 4 is 11.6 Å². The molecule has 29 heavy (non-hydrogen) atoms. The lowest BCUT2D eigenvalue weighted by Crippen LogP contribution is -2.34. The zero-order valence-electron chi connectivity index (χ0n) is 16.3. The summed E-state index contributed by atoms with van der Waals surface area (Å²) in [5, 5.41) is 2.72. The van der Waals surface area contributed by atoms with Gasteiger partial charge in [0.1, 0.15) is 5.75 Å². The summed E-state index contributed by atoms with van der Waals surface area (Å²) >= 11 is 0. The zero-order chi connectivity index (χ0) is 20.9. The van der Waals surface area contributed by atoms with Gasteiger partial charge in [0.25, 0.3) is 5.91 Å². The van der Waals surface area contributed by atoms with Crippen molar-refractivity contribution in [3.8, 4) is 5.75 Å². The van der Waals surface area contributed by atoms with E-state index in [1.54, 1.807) is 0 Å². The number of hydrogen-bond acceptors (Lipinski definition) is 3. The molecule has 1 unspecified atom stereocenters. The van der Waals surface area contributed by atoms with E-state index < -0.39 is 17.6 Å². The maximum absolute atomic E-state index is 12.7. The second-order valence-electron chi connectivity index (χ2n) is 7.45. The monoisotopic (exact) mass is 406 g/mol. The molecule has 1 heterocycles. The van der Waals surface area contributed by atoms with Crippen molar-refractivity contribution in [3.05, 3.63) is 59.7 Å². The third-order valence-corrected chi connectivity index (χ3v) is 4.98. The number of carbonyl (C=O) groups is 1. The van der Waals surface area contributed by atoms with Gasteiger partial charge in [0.15, 0.2) is 6.61 Å². The summed E-state index contributed by atoms with van der Waals surface area (Å²) in [4.78, 5) is 14.3. The molecule has 4 nitrogen and oxygen atoms in total. The smallest absolute Gasteiger partial charge is 0.416 e. The van der Waals surface area contributed by atoms with Crippen LogP contribution in [-0.2, 0) is 17.5 Å². The summed E-state index contributed by atoms with van der Waals surface area (Å²) in [6.45, 7) is 4.38. The van der Waals surface area contributed by atoms with Crippen molar-refractivity contribution in [2.24, 2.45) is 5.92 Å². The minimum atomic E-state index is -4.44. The van der Waals surface area contributed by atoms with Crippen molar-refractivity contribution in [2.45, 2.75) is 32.5 Å². The highest BCUT2D eigenvalue weighted by Crippen LogP contribution is 2.31. The molecule has 0 saturated carbocycles. The number of anilines is 1. The molecule has 3 rings (SSSR count). The Balaban J connectivity index is 1.46. The summed E-state index contributed by atoms with van der Waals surface area (Å²) in [5.41, 5.74) is 1.32. The summed E-state index contributed by atoms with van der Waals surface area (Å²) < 4.78 is 43.3. The molecular weight excluding hydrogens is 381 g/mol. The second-order valence-corrected chi connectivity index (χ2v) is 7.45. The number of nitrogens with one attached hydrogen (secondary N) is 1. The van der Waals surface area contributed by atoms with Gasteiger partial charge in [-0.3, -0.25) is 4.79 Å². The van der Waals surface area contributed by atoms with Crippen LogP contribution in [-0.4, -0.2) is 25.6 Å². The molecule has 2 aromatic rings. The standard InChI is InChI=1S/C22H25F3N2O2/c1-16-4-3-11-27(14-16)19-9-7-17(8-10-19)13-26-21(28)15-29-20-6-2-5-18(12-20)22(23,24)25/h2,5-10,12,16H,3-4,11,13-15H2,1H3,(H,26,28). The first-order chi connectivity index (χ1) is 13.8. The predicted octanol–water partition coefficient (Wildman–Crippen LogP) is 4.64. The second kappa shape index (κ2) is 9.20. The average Bonchev–Trinajstić information content (AvgIpc) is 2.71. The van der Waals surface area contributed by atoms with Gasteiger partial charge in [0.2, 0.25) is 0 Å². The number of nitrogens with zero attached hydrogens (tertiary/aromatic N) is 1. The average molecular weight is 406 g/mol. The van der Waals surface area contributed by atoms with E-state index in [2.05, 4.69) is 29.3 Å². The van der Waals surface area contributed by atoms with Crippen LogP contribution < -0.4 is 15.0 Å². The molecule has 0 bridgehead atoms. The molecule has 1 saturated heterocycles. The van der Waals surface area contributed by atoms with Crippen LogP contribution in [0, 0.1) is 5.92 Å². The van der Waals surface area contributed by atoms with Gasteiger partial charge in [-0.1, -0.05) is 25.1 Å². The highest BCUT2D eigenvalue weighted by molar-refractivity contribution is 5.77. The first-order valence-electron chi connectivity index (χ1n) is 9.72. The number of rotatable bonds is 6. The normalized spacial score (nSPS) is 17.1. The lowest BCUT2D eigenvalue weighted by Gasteiger charge is -2.32. The Bertz CT molecular complexity index is 822. The van der Waals surface area contributed by atoms with Crippen LogP contribution in [0.4, 0.5) is 18.9 Å². The summed E-state index contributed by atoms with van der Waals surface area (Å²) in [6.07, 6.45) is -1.98. The zero-order valence-corrected chi connectivity index (χ0v) is 16.3. The molecule has 0 radical (unpaired) electrons. The summed E-state index contributed by atoms with van der Waals surface area (Å²) in [5.74, 6) is 0.311. The predicted molar refractivity (Wildman–Crippen MR) is 106 cm³/mol. The van der Waals surface area contributed by atoms with Crippen LogP contribution in [0.25, 0.3) is 0 Å². The maximum Gasteiger partial charge on any atom is 0.416 e. The van der Waals surface area contributed by atoms with Crippen LogP contribution in [0.2, 0.25) is 0 Å². The molecule has 156 valence electrons. The maximum atomic E-state index is 12.7. The van der Waals surface area contributed by atoms with E-state index in [1.807, 2.05) is 12.1 Å². The van der Waals surface area contributed by atoms with Crippen molar-refractivity contribution in [1.82, 2.24) is 5.32 Å². The van der Waals surface area contributed by atoms with Crippen molar-refractivity contribution in [3.63, 3.8) is 0 Å². The van der Waals surface area contributed by atoms with Gasteiger partial charge in [0.05, 0.1) is 5.56 Å². The Hall–Kier alpha value is -2.70. The minimum absolute atomic E-state index is 0.00934. The van der Waals surface area contributed by atoms with Gasteiger partial charge >= 0.3 is 6.18 Å². The Morgan fingerprint density at radius 1 is 1.21 bits per heavy atom. The fraction of sp³-hybridized carbons (Fsp3) is 0.409. The van der Waals surface area contributed by atoms with Gasteiger partial charge in [-0.2, -0.15) is 13.2 Å². The largest absolute Gasteiger partial charge is 0.484 e. The van der Waals surface area contributed by atoms with Gasteiger partial charge in [-0.25, -0.2) is 0 Å². The molecule has 1 aliphatic rings. The van der Waals surface area contributed by atoms with Gasteiger partial charge < -0.3 is 15.0 Å². The molecule has 0 spiro atoms. The quantitative estimate of drug-likeness (QED) is 0.760. The van der Waals surface area contributed by atoms with Gasteiger partial charge in [-0.15, -0.1) is 0 Å². The first-order valence-corrected chi connectivity index (χ1v) is 9.72. The summed E-state index contributed by atoms with van der Waals surface area (Å²) in [6, 6.07) is 12.5. The van der Waals surface area contributed by atoms with Crippen LogP contribution in [0.1, 0.15) is 30.9 Å². The van der Waals surface area contributed by atoms with Crippen LogP contribution in [0.5, 0.6) is 5.75 Å². The molecule has 1 fully saturated rings. The minimum Gasteiger partial charge on any atom is -0.484 e. The number of benzene rings is 2. The number of piperidine rings is 1. The molecule has 1 atom stereocenters. The van der Waals surface area contributed by atoms with E-state index in [1.165, 1.54) is 30.7 Å². The van der Waals surface area contributed by atoms with E-state index in [9.17, 15) is 18.0 Å². The number of hydrogen-bond donors (Lipinski definition) is 1. The SMILES string of the molecule is CC1CCCN(c2ccc(CNC(=O)COc3cccc(C(F)(F)F)c3)cc2)C1. The Labute approximate surface area is 168 Å². The fourth-order valence-electron chi connectivity index (χ4n) is 3.41. The highest BCUT2D eigenvalue weighted by Gasteiger charge is 2.30. The number of halogens is 3. The first kappa shape index (κ1) is 21.0. The van der Waals surface area contributed by atoms with Crippen molar-refractivity contribution < 1.29 is 22.7 Å². The van der Waals surface area contributed by atoms with Crippen LogP contribution in [0.15, 0.2) is 48.5 Å². The van der Waals surface area contributed by atoms with E-state index in [4.69, 9.17) is 4.74 Å². The molecule has 0 aromatic heterocycles. The third-order valence-electron chi connectivity index (χ3n) is 4.98. The van der Waals surface area contributed by atoms with E-state index >= 15 is 0 Å². The van der Waals surface area contributed by atoms with Gasteiger partial charge in [0, 0.05) is 25.3 Å². The molecule has 1 amide bonds. The topological polar surface area (TPSA) is 41.6 Å². The number of ether oxygens (including phenoxy) is 1. The van der Waals surface area contributed by atoms with E-state index in [0.29, 0.717) is 12.5 Å². The fourth-order valence-corrected chi connectivity index (χ4v) is 3.41. The molecular formula is C22H25F3N2O2. The number of carbonyl (C=O) groups excluding carboxylic acids is 1. The lowest BCUT2D eigenvalue weighted by molar-refractivity contribution is -0.137. The van der Waals surface area contributed by atoms with Crippen LogP contribution >= 0.6 is 0 Å². The van der Waals surface area contributed by atoms with E-state index in [-0.39, 0.29) is 12.4 Å². The third kappa shape index (κ3) is 6.14. The Morgan fingerprint density at radius 3 is 2.66 bits per heavy atom. The molecule has 2 aromatic carbocycles. The van der Waals surface area contributed by atoms with Crippen LogP contribution in [0.3, 0.4) is 0 Å². The van der Waals surface area contributed by atoms with E-state index in [0.717, 1.165) is 30.8 Å². The molecule has 0 aliphatic carbocycles. The van der Waals surface area contributed by atoms with Crippen molar-refractivity contribution in [1.29, 1.82) is 0 Å². The van der Waals surface area contributed by atoms with Crippen molar-refractivity contribution in [2.75, 3.05) is 24.6 Å². The van der Waals surface area contributed by atoms with Gasteiger partial charge in [-0.05, 0) is 54.7 Å². The summed E-state index contributed by atoms with van der Waals surface area (Å²) in [7, 11) is 0. The number of alkyl halides is 3. The number of amides is 1. The Morgan fingerprint density at radius 2 is 1.97 bits per heavy atom. The molecule has 1 aliphatic heterocycles. The lowest BCUT2D eigenvalue weighted by atomic mass is 9.99. The Kier molecular flexibility index (Phi) is 6.67. The molecule has 1 N–H and O–H groups in total. The molecule has 7 heteroatoms. The highest BCUT2D eigenvalue weighted by atomic mass is 19.4.